The molecule has 1 saturated heterocycles. The summed E-state index contributed by atoms with van der Waals surface area (Å²) >= 11 is 1.45. The molecule has 1 fully saturated rings. The van der Waals surface area contributed by atoms with Gasteiger partial charge in [0.25, 0.3) is 0 Å². The van der Waals surface area contributed by atoms with E-state index in [2.05, 4.69) is 5.32 Å². The molecule has 2 rings (SSSR count). The normalized spacial score (nSPS) is 19.6. The van der Waals surface area contributed by atoms with Gasteiger partial charge >= 0.3 is 12.1 Å². The molecular formula is C13H17N3O2S. The fourth-order valence-electron chi connectivity index (χ4n) is 2.01. The first-order valence-corrected chi connectivity index (χ1v) is 7.47. The second-order valence-electron chi connectivity index (χ2n) is 4.18. The molecule has 102 valence electrons. The smallest absolute Gasteiger partial charge is 0.308 e. The number of hydrogen-bond acceptors (Lipinski definition) is 3. The number of nitrogens with one attached hydrogen (secondary N) is 1. The highest BCUT2D eigenvalue weighted by atomic mass is 32.2. The van der Waals surface area contributed by atoms with Crippen LogP contribution in [0.5, 0.6) is 0 Å². The van der Waals surface area contributed by atoms with Crippen LogP contribution in [-0.2, 0) is 0 Å². The van der Waals surface area contributed by atoms with E-state index in [0.717, 1.165) is 6.42 Å². The zero-order valence-electron chi connectivity index (χ0n) is 11.0. The van der Waals surface area contributed by atoms with Gasteiger partial charge < -0.3 is 5.32 Å². The standard InChI is InChI=1S/C13H17N3O2S/c1-3-9-15-12(19-2)14-11(17)16(13(15)18)10-7-5-4-6-8-10/h4-8,12H,3,9H2,1-2H3,(H,14,17). The minimum Gasteiger partial charge on any atom is -0.308 e. The summed E-state index contributed by atoms with van der Waals surface area (Å²) in [6, 6.07) is 8.33. The van der Waals surface area contributed by atoms with E-state index < -0.39 is 0 Å². The topological polar surface area (TPSA) is 52.7 Å². The van der Waals surface area contributed by atoms with Gasteiger partial charge in [0.2, 0.25) is 0 Å². The van der Waals surface area contributed by atoms with Crippen molar-refractivity contribution in [3.8, 4) is 0 Å². The third kappa shape index (κ3) is 2.68. The van der Waals surface area contributed by atoms with E-state index in [4.69, 9.17) is 0 Å². The Morgan fingerprint density at radius 1 is 1.26 bits per heavy atom. The Labute approximate surface area is 116 Å². The number of anilines is 1. The zero-order chi connectivity index (χ0) is 13.8. The van der Waals surface area contributed by atoms with Crippen molar-refractivity contribution in [1.29, 1.82) is 0 Å². The van der Waals surface area contributed by atoms with Crippen LogP contribution in [0.1, 0.15) is 13.3 Å². The maximum Gasteiger partial charge on any atom is 0.335 e. The highest BCUT2D eigenvalue weighted by molar-refractivity contribution is 7.99. The lowest BCUT2D eigenvalue weighted by atomic mass is 10.3. The quantitative estimate of drug-likeness (QED) is 0.922. The number of hydrogen-bond donors (Lipinski definition) is 1. The van der Waals surface area contributed by atoms with Gasteiger partial charge in [-0.15, -0.1) is 11.8 Å². The summed E-state index contributed by atoms with van der Waals surface area (Å²) in [5.74, 6) is 0. The van der Waals surface area contributed by atoms with Gasteiger partial charge in [-0.05, 0) is 24.8 Å². The number of benzene rings is 1. The van der Waals surface area contributed by atoms with Crippen molar-refractivity contribution in [3.63, 3.8) is 0 Å². The molecule has 0 aromatic heterocycles. The molecule has 1 N–H and O–H groups in total. The van der Waals surface area contributed by atoms with Crippen LogP contribution < -0.4 is 10.2 Å². The molecule has 1 aromatic rings. The van der Waals surface area contributed by atoms with Crippen LogP contribution in [0.4, 0.5) is 15.3 Å². The van der Waals surface area contributed by atoms with Crippen LogP contribution in [0.2, 0.25) is 0 Å². The third-order valence-electron chi connectivity index (χ3n) is 2.87. The van der Waals surface area contributed by atoms with Gasteiger partial charge in [0.1, 0.15) is 0 Å². The zero-order valence-corrected chi connectivity index (χ0v) is 11.8. The first-order valence-electron chi connectivity index (χ1n) is 6.18. The minimum absolute atomic E-state index is 0.267. The van der Waals surface area contributed by atoms with Gasteiger partial charge in [0.05, 0.1) is 5.69 Å². The first-order chi connectivity index (χ1) is 9.19. The van der Waals surface area contributed by atoms with Crippen LogP contribution in [0.25, 0.3) is 0 Å². The summed E-state index contributed by atoms with van der Waals surface area (Å²) in [6.07, 6.45) is 2.72. The molecule has 0 spiro atoms. The number of carbonyl (C=O) groups excluding carboxylic acids is 2. The van der Waals surface area contributed by atoms with Crippen molar-refractivity contribution in [2.24, 2.45) is 0 Å². The number of carbonyl (C=O) groups is 2. The minimum atomic E-state index is -0.372. The number of imide groups is 1. The van der Waals surface area contributed by atoms with Crippen molar-refractivity contribution in [3.05, 3.63) is 30.3 Å². The molecule has 0 radical (unpaired) electrons. The Hall–Kier alpha value is -1.69. The van der Waals surface area contributed by atoms with Gasteiger partial charge in [-0.25, -0.2) is 14.5 Å². The van der Waals surface area contributed by atoms with E-state index in [0.29, 0.717) is 12.2 Å². The van der Waals surface area contributed by atoms with Crippen molar-refractivity contribution in [2.45, 2.75) is 18.8 Å². The lowest BCUT2D eigenvalue weighted by molar-refractivity contribution is 0.178. The van der Waals surface area contributed by atoms with E-state index in [1.54, 1.807) is 29.2 Å². The average Bonchev–Trinajstić information content (AvgIpc) is 2.43. The van der Waals surface area contributed by atoms with Crippen LogP contribution in [-0.4, -0.2) is 35.3 Å². The molecule has 0 bridgehead atoms. The van der Waals surface area contributed by atoms with Crippen molar-refractivity contribution in [2.75, 3.05) is 17.7 Å². The van der Waals surface area contributed by atoms with Crippen molar-refractivity contribution >= 4 is 29.5 Å². The summed E-state index contributed by atoms with van der Waals surface area (Å²) < 4.78 is 0. The molecule has 1 aliphatic heterocycles. The molecule has 19 heavy (non-hydrogen) atoms. The van der Waals surface area contributed by atoms with Crippen LogP contribution in [0.15, 0.2) is 30.3 Å². The lowest BCUT2D eigenvalue weighted by Gasteiger charge is -2.39. The number of amides is 4. The number of urea groups is 2. The highest BCUT2D eigenvalue weighted by Gasteiger charge is 2.38. The van der Waals surface area contributed by atoms with Crippen LogP contribution in [0.3, 0.4) is 0 Å². The van der Waals surface area contributed by atoms with Gasteiger partial charge in [0.15, 0.2) is 5.50 Å². The molecule has 6 heteroatoms. The number of rotatable bonds is 4. The second-order valence-corrected chi connectivity index (χ2v) is 5.10. The number of para-hydroxylation sites is 1. The summed E-state index contributed by atoms with van der Waals surface area (Å²) in [4.78, 5) is 27.4. The Morgan fingerprint density at radius 2 is 1.95 bits per heavy atom. The average molecular weight is 279 g/mol. The van der Waals surface area contributed by atoms with Crippen molar-refractivity contribution in [1.82, 2.24) is 10.2 Å². The first kappa shape index (κ1) is 13.7. The number of nitrogens with zero attached hydrogens (tertiary/aromatic N) is 2. The number of thioether (sulfide) groups is 1. The molecular weight excluding hydrogens is 262 g/mol. The Kier molecular flexibility index (Phi) is 4.31. The Morgan fingerprint density at radius 3 is 2.53 bits per heavy atom. The maximum absolute atomic E-state index is 12.5. The Balaban J connectivity index is 2.30. The van der Waals surface area contributed by atoms with E-state index in [1.807, 2.05) is 19.2 Å². The largest absolute Gasteiger partial charge is 0.335 e. The van der Waals surface area contributed by atoms with E-state index >= 15 is 0 Å². The predicted octanol–water partition coefficient (Wildman–Crippen LogP) is 2.69. The monoisotopic (exact) mass is 279 g/mol. The van der Waals surface area contributed by atoms with Gasteiger partial charge in [0, 0.05) is 6.54 Å². The molecule has 4 amide bonds. The van der Waals surface area contributed by atoms with Crippen molar-refractivity contribution < 1.29 is 9.59 Å². The molecule has 1 aromatic carbocycles. The fraction of sp³-hybridized carbons (Fsp3) is 0.385. The van der Waals surface area contributed by atoms with E-state index in [-0.39, 0.29) is 17.6 Å². The molecule has 0 saturated carbocycles. The van der Waals surface area contributed by atoms with Crippen LogP contribution in [0, 0.1) is 0 Å². The van der Waals surface area contributed by atoms with E-state index in [9.17, 15) is 9.59 Å². The van der Waals surface area contributed by atoms with E-state index in [1.165, 1.54) is 16.7 Å². The molecule has 1 aliphatic rings. The predicted molar refractivity (Wildman–Crippen MR) is 77.1 cm³/mol. The SMILES string of the molecule is CCCN1C(=O)N(c2ccccc2)C(=O)NC1SC. The third-order valence-corrected chi connectivity index (χ3v) is 3.69. The molecule has 5 nitrogen and oxygen atoms in total. The van der Waals surface area contributed by atoms with Gasteiger partial charge in [-0.1, -0.05) is 25.1 Å². The summed E-state index contributed by atoms with van der Waals surface area (Å²) in [5.41, 5.74) is 0.297. The highest BCUT2D eigenvalue weighted by Crippen LogP contribution is 2.23. The molecule has 1 atom stereocenters. The Bertz CT molecular complexity index is 466. The molecule has 1 unspecified atom stereocenters. The lowest BCUT2D eigenvalue weighted by Crippen LogP contribution is -2.64. The molecule has 1 heterocycles. The van der Waals surface area contributed by atoms with Gasteiger partial charge in [-0.3, -0.25) is 4.90 Å². The van der Waals surface area contributed by atoms with Crippen LogP contribution >= 0.6 is 11.8 Å². The summed E-state index contributed by atoms with van der Waals surface area (Å²) in [7, 11) is 0. The fourth-order valence-corrected chi connectivity index (χ4v) is 2.68. The maximum atomic E-state index is 12.5. The summed E-state index contributed by atoms with van der Waals surface area (Å²) in [6.45, 7) is 2.63. The summed E-state index contributed by atoms with van der Waals surface area (Å²) in [5, 5.41) is 2.83. The molecule has 0 aliphatic carbocycles. The van der Waals surface area contributed by atoms with Gasteiger partial charge in [-0.2, -0.15) is 0 Å². The second kappa shape index (κ2) is 5.97.